The van der Waals surface area contributed by atoms with Gasteiger partial charge in [-0.2, -0.15) is 0 Å². The molecule has 0 radical (unpaired) electrons. The zero-order valence-corrected chi connectivity index (χ0v) is 11.7. The van der Waals surface area contributed by atoms with Crippen LogP contribution in [0.3, 0.4) is 0 Å². The van der Waals surface area contributed by atoms with Crippen molar-refractivity contribution in [2.24, 2.45) is 0 Å². The van der Waals surface area contributed by atoms with Crippen LogP contribution in [0.15, 0.2) is 40.3 Å². The average Bonchev–Trinajstić information content (AvgIpc) is 2.43. The van der Waals surface area contributed by atoms with Crippen LogP contribution in [0.4, 0.5) is 14.5 Å². The van der Waals surface area contributed by atoms with E-state index in [1.54, 1.807) is 12.1 Å². The Hall–Kier alpha value is -1.82. The summed E-state index contributed by atoms with van der Waals surface area (Å²) >= 11 is 1.21. The van der Waals surface area contributed by atoms with Crippen LogP contribution >= 0.6 is 11.8 Å². The van der Waals surface area contributed by atoms with E-state index in [0.717, 1.165) is 18.6 Å². The van der Waals surface area contributed by atoms with Gasteiger partial charge in [-0.3, -0.25) is 0 Å². The molecule has 106 valence electrons. The van der Waals surface area contributed by atoms with Gasteiger partial charge >= 0.3 is 0 Å². The molecule has 2 N–H and O–H groups in total. The molecule has 1 aromatic heterocycles. The van der Waals surface area contributed by atoms with Crippen LogP contribution in [0.2, 0.25) is 0 Å². The number of pyridine rings is 1. The van der Waals surface area contributed by atoms with Gasteiger partial charge < -0.3 is 10.5 Å². The third-order valence-corrected chi connectivity index (χ3v) is 3.35. The van der Waals surface area contributed by atoms with Crippen molar-refractivity contribution >= 4 is 17.4 Å². The van der Waals surface area contributed by atoms with E-state index in [1.807, 2.05) is 6.92 Å². The number of hydrogen-bond acceptors (Lipinski definition) is 4. The molecule has 0 amide bonds. The van der Waals surface area contributed by atoms with E-state index in [2.05, 4.69) is 4.98 Å². The SMILES string of the molecule is CCCOc1nc(Sc2ccc(F)c(F)c2)ccc1N. The highest BCUT2D eigenvalue weighted by molar-refractivity contribution is 7.99. The topological polar surface area (TPSA) is 48.1 Å². The summed E-state index contributed by atoms with van der Waals surface area (Å²) in [4.78, 5) is 4.81. The standard InChI is InChI=1S/C14H14F2N2OS/c1-2-7-19-14-12(17)5-6-13(18-14)20-9-3-4-10(15)11(16)8-9/h3-6,8H,2,7,17H2,1H3. The lowest BCUT2D eigenvalue weighted by molar-refractivity contribution is 0.305. The van der Waals surface area contributed by atoms with Crippen LogP contribution in [0.5, 0.6) is 5.88 Å². The van der Waals surface area contributed by atoms with E-state index in [9.17, 15) is 8.78 Å². The van der Waals surface area contributed by atoms with E-state index >= 15 is 0 Å². The van der Waals surface area contributed by atoms with Crippen molar-refractivity contribution in [2.45, 2.75) is 23.3 Å². The minimum atomic E-state index is -0.882. The van der Waals surface area contributed by atoms with Crippen LogP contribution in [0.25, 0.3) is 0 Å². The summed E-state index contributed by atoms with van der Waals surface area (Å²) < 4.78 is 31.4. The molecule has 2 aromatic rings. The molecule has 6 heteroatoms. The van der Waals surface area contributed by atoms with Crippen molar-refractivity contribution < 1.29 is 13.5 Å². The highest BCUT2D eigenvalue weighted by Gasteiger charge is 2.08. The van der Waals surface area contributed by atoms with Crippen molar-refractivity contribution in [3.63, 3.8) is 0 Å². The molecule has 0 unspecified atom stereocenters. The molecule has 20 heavy (non-hydrogen) atoms. The maximum absolute atomic E-state index is 13.1. The third kappa shape index (κ3) is 3.60. The third-order valence-electron chi connectivity index (χ3n) is 2.42. The second-order valence-corrected chi connectivity index (χ2v) is 5.16. The smallest absolute Gasteiger partial charge is 0.238 e. The summed E-state index contributed by atoms with van der Waals surface area (Å²) in [5.41, 5.74) is 6.21. The number of aromatic nitrogens is 1. The van der Waals surface area contributed by atoms with Gasteiger partial charge in [0.2, 0.25) is 5.88 Å². The van der Waals surface area contributed by atoms with Crippen LogP contribution in [0, 0.1) is 11.6 Å². The molecule has 0 aliphatic carbocycles. The Morgan fingerprint density at radius 1 is 1.20 bits per heavy atom. The predicted molar refractivity (Wildman–Crippen MR) is 74.9 cm³/mol. The van der Waals surface area contributed by atoms with Crippen LogP contribution in [0.1, 0.15) is 13.3 Å². The number of halogens is 2. The van der Waals surface area contributed by atoms with Crippen molar-refractivity contribution in [3.05, 3.63) is 42.0 Å². The largest absolute Gasteiger partial charge is 0.476 e. The van der Waals surface area contributed by atoms with Gasteiger partial charge in [0.1, 0.15) is 5.03 Å². The fourth-order valence-corrected chi connectivity index (χ4v) is 2.27. The number of anilines is 1. The quantitative estimate of drug-likeness (QED) is 0.909. The number of nitrogen functional groups attached to an aromatic ring is 1. The molecule has 0 atom stereocenters. The number of hydrogen-bond donors (Lipinski definition) is 1. The Morgan fingerprint density at radius 3 is 2.70 bits per heavy atom. The van der Waals surface area contributed by atoms with Gasteiger partial charge in [0.15, 0.2) is 11.6 Å². The summed E-state index contributed by atoms with van der Waals surface area (Å²) in [6, 6.07) is 7.10. The lowest BCUT2D eigenvalue weighted by atomic mass is 10.3. The van der Waals surface area contributed by atoms with Crippen molar-refractivity contribution in [2.75, 3.05) is 12.3 Å². The average molecular weight is 296 g/mol. The van der Waals surface area contributed by atoms with E-state index in [0.29, 0.717) is 28.1 Å². The predicted octanol–water partition coefficient (Wildman–Crippen LogP) is 3.88. The van der Waals surface area contributed by atoms with E-state index in [4.69, 9.17) is 10.5 Å². The maximum Gasteiger partial charge on any atom is 0.238 e. The fraction of sp³-hybridized carbons (Fsp3) is 0.214. The second-order valence-electron chi connectivity index (χ2n) is 4.07. The van der Waals surface area contributed by atoms with Gasteiger partial charge in [-0.25, -0.2) is 13.8 Å². The highest BCUT2D eigenvalue weighted by atomic mass is 32.2. The Morgan fingerprint density at radius 2 is 2.00 bits per heavy atom. The van der Waals surface area contributed by atoms with Gasteiger partial charge in [-0.1, -0.05) is 18.7 Å². The van der Waals surface area contributed by atoms with Crippen LogP contribution < -0.4 is 10.5 Å². The monoisotopic (exact) mass is 296 g/mol. The van der Waals surface area contributed by atoms with Gasteiger partial charge in [-0.15, -0.1) is 0 Å². The maximum atomic E-state index is 13.1. The lowest BCUT2D eigenvalue weighted by Gasteiger charge is -2.08. The molecule has 1 aromatic carbocycles. The van der Waals surface area contributed by atoms with Gasteiger partial charge in [0, 0.05) is 4.90 Å². The number of nitrogens with two attached hydrogens (primary N) is 1. The molecule has 0 spiro atoms. The van der Waals surface area contributed by atoms with Gasteiger partial charge in [0.25, 0.3) is 0 Å². The molecular weight excluding hydrogens is 282 g/mol. The lowest BCUT2D eigenvalue weighted by Crippen LogP contribution is -2.01. The zero-order chi connectivity index (χ0) is 14.5. The molecule has 2 rings (SSSR count). The molecule has 0 bridgehead atoms. The van der Waals surface area contributed by atoms with Crippen molar-refractivity contribution in [3.8, 4) is 5.88 Å². The van der Waals surface area contributed by atoms with E-state index in [-0.39, 0.29) is 0 Å². The van der Waals surface area contributed by atoms with E-state index in [1.165, 1.54) is 17.8 Å². The number of benzene rings is 1. The second kappa shape index (κ2) is 6.56. The molecule has 0 fully saturated rings. The molecule has 0 saturated carbocycles. The normalized spacial score (nSPS) is 10.6. The van der Waals surface area contributed by atoms with E-state index < -0.39 is 11.6 Å². The molecule has 0 aliphatic heterocycles. The van der Waals surface area contributed by atoms with Gasteiger partial charge in [0.05, 0.1) is 12.3 Å². The molecule has 3 nitrogen and oxygen atoms in total. The number of ether oxygens (including phenoxy) is 1. The Labute approximate surface area is 120 Å². The van der Waals surface area contributed by atoms with Crippen molar-refractivity contribution in [1.29, 1.82) is 0 Å². The minimum Gasteiger partial charge on any atom is -0.476 e. The minimum absolute atomic E-state index is 0.361. The summed E-state index contributed by atoms with van der Waals surface area (Å²) in [5.74, 6) is -1.39. The molecule has 0 aliphatic rings. The Bertz CT molecular complexity index is 608. The Balaban J connectivity index is 2.18. The van der Waals surface area contributed by atoms with Crippen LogP contribution in [-0.2, 0) is 0 Å². The zero-order valence-electron chi connectivity index (χ0n) is 10.9. The fourth-order valence-electron chi connectivity index (χ4n) is 1.47. The van der Waals surface area contributed by atoms with Crippen LogP contribution in [-0.4, -0.2) is 11.6 Å². The summed E-state index contributed by atoms with van der Waals surface area (Å²) in [6.07, 6.45) is 0.849. The first kappa shape index (κ1) is 14.6. The summed E-state index contributed by atoms with van der Waals surface area (Å²) in [7, 11) is 0. The summed E-state index contributed by atoms with van der Waals surface area (Å²) in [5, 5.41) is 0.608. The molecular formula is C14H14F2N2OS. The first-order valence-electron chi connectivity index (χ1n) is 6.12. The number of nitrogens with zero attached hydrogens (tertiary/aromatic N) is 1. The first-order valence-corrected chi connectivity index (χ1v) is 6.94. The summed E-state index contributed by atoms with van der Waals surface area (Å²) in [6.45, 7) is 2.51. The van der Waals surface area contributed by atoms with Gasteiger partial charge in [-0.05, 0) is 36.8 Å². The Kier molecular flexibility index (Phi) is 4.79. The number of rotatable bonds is 5. The van der Waals surface area contributed by atoms with Crippen molar-refractivity contribution in [1.82, 2.24) is 4.98 Å². The molecule has 1 heterocycles. The molecule has 0 saturated heterocycles. The first-order chi connectivity index (χ1) is 9.60. The highest BCUT2D eigenvalue weighted by Crippen LogP contribution is 2.30.